The fourth-order valence-electron chi connectivity index (χ4n) is 4.42. The summed E-state index contributed by atoms with van der Waals surface area (Å²) in [5.74, 6) is -0.350. The minimum absolute atomic E-state index is 0.0816. The number of hydrogen-bond acceptors (Lipinski definition) is 6. The minimum atomic E-state index is -0.597. The molecule has 5 rings (SSSR count). The van der Waals surface area contributed by atoms with E-state index in [1.807, 2.05) is 11.9 Å². The molecular formula is C21H24F2N8O. The number of amides is 2. The molecule has 11 heteroatoms. The number of carbonyl (C=O) groups excluding carboxylic acids is 1. The zero-order chi connectivity index (χ0) is 22.2. The van der Waals surface area contributed by atoms with Crippen LogP contribution < -0.4 is 15.1 Å². The van der Waals surface area contributed by atoms with E-state index in [0.29, 0.717) is 51.4 Å². The third-order valence-electron chi connectivity index (χ3n) is 6.14. The molecule has 0 bridgehead atoms. The summed E-state index contributed by atoms with van der Waals surface area (Å²) in [6.45, 7) is 3.56. The second kappa shape index (κ2) is 8.21. The quantitative estimate of drug-likeness (QED) is 0.666. The molecule has 2 saturated heterocycles. The van der Waals surface area contributed by atoms with Crippen LogP contribution in [0.5, 0.6) is 0 Å². The van der Waals surface area contributed by atoms with Crippen LogP contribution in [0.4, 0.5) is 25.1 Å². The Balaban J connectivity index is 1.16. The van der Waals surface area contributed by atoms with Crippen molar-refractivity contribution < 1.29 is 13.6 Å². The molecule has 3 aromatic rings. The van der Waals surface area contributed by atoms with Gasteiger partial charge in [0.2, 0.25) is 0 Å². The molecule has 2 amide bonds. The highest BCUT2D eigenvalue weighted by Crippen LogP contribution is 2.25. The number of halogens is 2. The third kappa shape index (κ3) is 3.78. The van der Waals surface area contributed by atoms with Crippen LogP contribution in [0, 0.1) is 11.6 Å². The first-order valence-electron chi connectivity index (χ1n) is 10.6. The Bertz CT molecular complexity index is 1140. The number of piperazine rings is 1. The molecule has 1 unspecified atom stereocenters. The number of fused-ring (bicyclic) bond motifs is 1. The van der Waals surface area contributed by atoms with Crippen molar-refractivity contribution >= 4 is 28.6 Å². The van der Waals surface area contributed by atoms with E-state index in [1.54, 1.807) is 15.8 Å². The van der Waals surface area contributed by atoms with E-state index in [4.69, 9.17) is 0 Å². The number of carbonyl (C=O) groups is 1. The number of urea groups is 1. The summed E-state index contributed by atoms with van der Waals surface area (Å²) in [7, 11) is 1.84. The molecule has 2 aliphatic rings. The molecule has 0 aliphatic carbocycles. The van der Waals surface area contributed by atoms with Crippen molar-refractivity contribution in [2.75, 3.05) is 49.1 Å². The SMILES string of the molecule is Cn1ncc2c(N3CCN(C(=O)NC4CCN(c5ccc(F)cc5F)C4)CC3)ncnc21. The first-order chi connectivity index (χ1) is 15.5. The molecule has 32 heavy (non-hydrogen) atoms. The van der Waals surface area contributed by atoms with Crippen molar-refractivity contribution in [3.63, 3.8) is 0 Å². The number of hydrogen-bond donors (Lipinski definition) is 1. The van der Waals surface area contributed by atoms with Gasteiger partial charge in [-0.3, -0.25) is 4.68 Å². The van der Waals surface area contributed by atoms with Gasteiger partial charge in [-0.1, -0.05) is 0 Å². The van der Waals surface area contributed by atoms with Crippen LogP contribution >= 0.6 is 0 Å². The lowest BCUT2D eigenvalue weighted by Crippen LogP contribution is -2.54. The zero-order valence-corrected chi connectivity index (χ0v) is 17.7. The average Bonchev–Trinajstić information content (AvgIpc) is 3.40. The zero-order valence-electron chi connectivity index (χ0n) is 17.7. The smallest absolute Gasteiger partial charge is 0.317 e. The molecule has 4 heterocycles. The van der Waals surface area contributed by atoms with Crippen LogP contribution in [0.1, 0.15) is 6.42 Å². The molecule has 1 aromatic carbocycles. The van der Waals surface area contributed by atoms with Crippen LogP contribution in [0.25, 0.3) is 11.0 Å². The van der Waals surface area contributed by atoms with Gasteiger partial charge in [-0.2, -0.15) is 5.10 Å². The van der Waals surface area contributed by atoms with Crippen LogP contribution in [0.3, 0.4) is 0 Å². The predicted molar refractivity (Wildman–Crippen MR) is 116 cm³/mol. The summed E-state index contributed by atoms with van der Waals surface area (Å²) >= 11 is 0. The van der Waals surface area contributed by atoms with Gasteiger partial charge in [0.1, 0.15) is 23.8 Å². The Labute approximate surface area is 183 Å². The first-order valence-corrected chi connectivity index (χ1v) is 10.6. The maximum absolute atomic E-state index is 14.1. The number of nitrogens with zero attached hydrogens (tertiary/aromatic N) is 7. The lowest BCUT2D eigenvalue weighted by atomic mass is 10.2. The van der Waals surface area contributed by atoms with Gasteiger partial charge in [-0.05, 0) is 18.6 Å². The molecular weight excluding hydrogens is 418 g/mol. The maximum Gasteiger partial charge on any atom is 0.317 e. The van der Waals surface area contributed by atoms with Crippen LogP contribution in [0.15, 0.2) is 30.7 Å². The summed E-state index contributed by atoms with van der Waals surface area (Å²) in [4.78, 5) is 27.3. The Kier molecular flexibility index (Phi) is 5.24. The van der Waals surface area contributed by atoms with E-state index in [1.165, 1.54) is 18.5 Å². The lowest BCUT2D eigenvalue weighted by Gasteiger charge is -2.36. The fraction of sp³-hybridized carbons (Fsp3) is 0.429. The average molecular weight is 442 g/mol. The Morgan fingerprint density at radius 1 is 1.09 bits per heavy atom. The normalized spacial score (nSPS) is 19.1. The van der Waals surface area contributed by atoms with E-state index in [9.17, 15) is 13.6 Å². The number of aromatic nitrogens is 4. The molecule has 1 atom stereocenters. The monoisotopic (exact) mass is 442 g/mol. The Morgan fingerprint density at radius 2 is 1.91 bits per heavy atom. The highest BCUT2D eigenvalue weighted by Gasteiger charge is 2.29. The molecule has 1 N–H and O–H groups in total. The molecule has 2 aliphatic heterocycles. The Hall–Kier alpha value is -3.50. The molecule has 9 nitrogen and oxygen atoms in total. The van der Waals surface area contributed by atoms with E-state index in [-0.39, 0.29) is 12.1 Å². The lowest BCUT2D eigenvalue weighted by molar-refractivity contribution is 0.191. The second-order valence-electron chi connectivity index (χ2n) is 8.15. The van der Waals surface area contributed by atoms with Gasteiger partial charge in [0.25, 0.3) is 0 Å². The number of benzene rings is 1. The summed E-state index contributed by atoms with van der Waals surface area (Å²) in [6, 6.07) is 3.38. The van der Waals surface area contributed by atoms with E-state index >= 15 is 0 Å². The first kappa shape index (κ1) is 20.4. The van der Waals surface area contributed by atoms with Crippen molar-refractivity contribution in [1.29, 1.82) is 0 Å². The van der Waals surface area contributed by atoms with Gasteiger partial charge in [0, 0.05) is 58.4 Å². The molecule has 2 fully saturated rings. The van der Waals surface area contributed by atoms with Crippen molar-refractivity contribution in [1.82, 2.24) is 30.0 Å². The largest absolute Gasteiger partial charge is 0.367 e. The van der Waals surface area contributed by atoms with Gasteiger partial charge in [-0.15, -0.1) is 0 Å². The second-order valence-corrected chi connectivity index (χ2v) is 8.15. The Morgan fingerprint density at radius 3 is 2.69 bits per heavy atom. The van der Waals surface area contributed by atoms with Gasteiger partial charge in [0.15, 0.2) is 5.65 Å². The summed E-state index contributed by atoms with van der Waals surface area (Å²) in [6.07, 6.45) is 4.01. The summed E-state index contributed by atoms with van der Waals surface area (Å²) < 4.78 is 28.9. The van der Waals surface area contributed by atoms with Crippen LogP contribution in [-0.2, 0) is 7.05 Å². The van der Waals surface area contributed by atoms with Gasteiger partial charge in [0.05, 0.1) is 17.3 Å². The van der Waals surface area contributed by atoms with Crippen molar-refractivity contribution in [3.8, 4) is 0 Å². The number of anilines is 2. The van der Waals surface area contributed by atoms with Crippen molar-refractivity contribution in [3.05, 3.63) is 42.4 Å². The third-order valence-corrected chi connectivity index (χ3v) is 6.14. The topological polar surface area (TPSA) is 82.4 Å². The number of aryl methyl sites for hydroxylation is 1. The minimum Gasteiger partial charge on any atom is -0.367 e. The maximum atomic E-state index is 14.1. The van der Waals surface area contributed by atoms with E-state index in [0.717, 1.165) is 22.9 Å². The van der Waals surface area contributed by atoms with Crippen molar-refractivity contribution in [2.45, 2.75) is 12.5 Å². The molecule has 0 saturated carbocycles. The highest BCUT2D eigenvalue weighted by atomic mass is 19.1. The molecule has 0 radical (unpaired) electrons. The standard InChI is InChI=1S/C21H24F2N8O/c1-28-19-16(11-26-28)20(25-13-24-19)29-6-8-30(9-7-29)21(32)27-15-4-5-31(12-15)18-3-2-14(22)10-17(18)23/h2-3,10-11,13,15H,4-9,12H2,1H3,(H,27,32). The fourth-order valence-corrected chi connectivity index (χ4v) is 4.42. The predicted octanol–water partition coefficient (Wildman–Crippen LogP) is 1.75. The van der Waals surface area contributed by atoms with Crippen LogP contribution in [-0.4, -0.2) is 76.0 Å². The molecule has 0 spiro atoms. The summed E-state index contributed by atoms with van der Waals surface area (Å²) in [5.41, 5.74) is 1.14. The highest BCUT2D eigenvalue weighted by molar-refractivity contribution is 5.86. The molecule has 168 valence electrons. The van der Waals surface area contributed by atoms with Gasteiger partial charge < -0.3 is 20.0 Å². The van der Waals surface area contributed by atoms with Gasteiger partial charge >= 0.3 is 6.03 Å². The van der Waals surface area contributed by atoms with Crippen molar-refractivity contribution in [2.24, 2.45) is 7.05 Å². The van der Waals surface area contributed by atoms with Gasteiger partial charge in [-0.25, -0.2) is 23.5 Å². The molecule has 2 aromatic heterocycles. The van der Waals surface area contributed by atoms with Crippen LogP contribution in [0.2, 0.25) is 0 Å². The van der Waals surface area contributed by atoms with E-state index in [2.05, 4.69) is 25.3 Å². The number of rotatable bonds is 3. The number of nitrogens with one attached hydrogen (secondary N) is 1. The summed E-state index contributed by atoms with van der Waals surface area (Å²) in [5, 5.41) is 8.21. The van der Waals surface area contributed by atoms with E-state index < -0.39 is 11.6 Å².